The molecule has 32 heavy (non-hydrogen) atoms. The minimum Gasteiger partial charge on any atom is -0.494 e. The summed E-state index contributed by atoms with van der Waals surface area (Å²) >= 11 is 8.09. The van der Waals surface area contributed by atoms with E-state index in [4.69, 9.17) is 21.3 Å². The molecule has 0 spiro atoms. The number of thiazole rings is 1. The van der Waals surface area contributed by atoms with Crippen molar-refractivity contribution in [2.45, 2.75) is 30.4 Å². The van der Waals surface area contributed by atoms with Gasteiger partial charge < -0.3 is 9.64 Å². The van der Waals surface area contributed by atoms with E-state index in [9.17, 15) is 8.42 Å². The first-order valence-electron chi connectivity index (χ1n) is 10.7. The topological polar surface area (TPSA) is 62.7 Å². The van der Waals surface area contributed by atoms with Gasteiger partial charge in [0.15, 0.2) is 5.13 Å². The smallest absolute Gasteiger partial charge is 0.222 e. The molecule has 0 N–H and O–H groups in total. The summed E-state index contributed by atoms with van der Waals surface area (Å²) in [6, 6.07) is 8.09. The first-order valence-corrected chi connectivity index (χ1v) is 13.5. The highest BCUT2D eigenvalue weighted by molar-refractivity contribution is 7.90. The summed E-state index contributed by atoms with van der Waals surface area (Å²) in [5.74, 6) is 0.872. The number of allylic oxidation sites excluding steroid dienone is 3. The zero-order chi connectivity index (χ0) is 22.8. The standard InChI is InChI=1S/C23H28ClN3O3S2/c1-3-30-20-9-7-18(8-10-20)16-19-17-31-22(25-19)26-12-14-27(15-13-26)32(28,29)21-6-4-5-11-23(21,2)24/h4-11,17,21H,3,12-16H2,1-2H3. The average Bonchev–Trinajstić information content (AvgIpc) is 3.23. The van der Waals surface area contributed by atoms with E-state index >= 15 is 0 Å². The van der Waals surface area contributed by atoms with E-state index in [1.165, 1.54) is 5.56 Å². The summed E-state index contributed by atoms with van der Waals surface area (Å²) in [5, 5.41) is 2.26. The molecule has 2 unspecified atom stereocenters. The van der Waals surface area contributed by atoms with Crippen LogP contribution in [0.3, 0.4) is 0 Å². The minimum atomic E-state index is -3.53. The Balaban J connectivity index is 1.36. The Morgan fingerprint density at radius 1 is 1.19 bits per heavy atom. The Bertz CT molecular complexity index is 1090. The number of piperazine rings is 1. The Hall–Kier alpha value is -1.87. The number of alkyl halides is 1. The van der Waals surface area contributed by atoms with E-state index in [-0.39, 0.29) is 0 Å². The second-order valence-electron chi connectivity index (χ2n) is 8.12. The molecule has 0 bridgehead atoms. The second-order valence-corrected chi connectivity index (χ2v) is 11.8. The molecule has 6 nitrogen and oxygen atoms in total. The van der Waals surface area contributed by atoms with Crippen LogP contribution < -0.4 is 9.64 Å². The molecule has 0 radical (unpaired) electrons. The van der Waals surface area contributed by atoms with Crippen molar-refractivity contribution >= 4 is 38.1 Å². The lowest BCUT2D eigenvalue weighted by Crippen LogP contribution is -2.54. The average molecular weight is 494 g/mol. The number of halogens is 1. The molecule has 1 aliphatic carbocycles. The number of rotatable bonds is 7. The highest BCUT2D eigenvalue weighted by atomic mass is 35.5. The number of aromatic nitrogens is 1. The van der Waals surface area contributed by atoms with Crippen molar-refractivity contribution < 1.29 is 13.2 Å². The fourth-order valence-corrected chi connectivity index (χ4v) is 7.28. The number of benzene rings is 1. The van der Waals surface area contributed by atoms with Gasteiger partial charge in [0, 0.05) is 38.0 Å². The van der Waals surface area contributed by atoms with Gasteiger partial charge in [0.05, 0.1) is 17.2 Å². The molecule has 1 saturated heterocycles. The maximum atomic E-state index is 13.2. The number of hydrogen-bond acceptors (Lipinski definition) is 6. The van der Waals surface area contributed by atoms with Gasteiger partial charge in [0.1, 0.15) is 11.0 Å². The first kappa shape index (κ1) is 23.3. The molecule has 2 aromatic rings. The number of anilines is 1. The Morgan fingerprint density at radius 3 is 2.56 bits per heavy atom. The van der Waals surface area contributed by atoms with E-state index in [1.807, 2.05) is 19.1 Å². The van der Waals surface area contributed by atoms with Gasteiger partial charge in [-0.1, -0.05) is 36.4 Å². The summed E-state index contributed by atoms with van der Waals surface area (Å²) in [7, 11) is -3.53. The summed E-state index contributed by atoms with van der Waals surface area (Å²) < 4.78 is 33.4. The van der Waals surface area contributed by atoms with Crippen LogP contribution in [0.2, 0.25) is 0 Å². The molecule has 1 fully saturated rings. The molecule has 1 aromatic heterocycles. The lowest BCUT2D eigenvalue weighted by atomic mass is 10.0. The van der Waals surface area contributed by atoms with Crippen molar-refractivity contribution in [2.24, 2.45) is 0 Å². The zero-order valence-corrected chi connectivity index (χ0v) is 20.7. The molecule has 2 atom stereocenters. The van der Waals surface area contributed by atoms with Gasteiger partial charge in [-0.3, -0.25) is 0 Å². The second kappa shape index (κ2) is 9.55. The molecule has 172 valence electrons. The van der Waals surface area contributed by atoms with Crippen molar-refractivity contribution in [3.05, 3.63) is 65.2 Å². The van der Waals surface area contributed by atoms with Crippen LogP contribution in [0.15, 0.2) is 53.9 Å². The lowest BCUT2D eigenvalue weighted by molar-refractivity contribution is 0.340. The van der Waals surface area contributed by atoms with Gasteiger partial charge in [-0.25, -0.2) is 13.4 Å². The van der Waals surface area contributed by atoms with Crippen LogP contribution in [0.4, 0.5) is 5.13 Å². The first-order chi connectivity index (χ1) is 15.3. The SMILES string of the molecule is CCOc1ccc(Cc2csc(N3CCN(S(=O)(=O)C4C=CC=CC4(C)Cl)CC3)n2)cc1. The summed E-state index contributed by atoms with van der Waals surface area (Å²) in [5.41, 5.74) is 2.20. The third kappa shape index (κ3) is 5.03. The van der Waals surface area contributed by atoms with Crippen LogP contribution >= 0.6 is 22.9 Å². The monoisotopic (exact) mass is 493 g/mol. The number of hydrogen-bond donors (Lipinski definition) is 0. The summed E-state index contributed by atoms with van der Waals surface area (Å²) in [6.45, 7) is 6.45. The van der Waals surface area contributed by atoms with Crippen LogP contribution in [-0.2, 0) is 16.4 Å². The fourth-order valence-electron chi connectivity index (χ4n) is 3.98. The van der Waals surface area contributed by atoms with Crippen LogP contribution in [0.1, 0.15) is 25.1 Å². The maximum Gasteiger partial charge on any atom is 0.222 e. The number of sulfonamides is 1. The van der Waals surface area contributed by atoms with Gasteiger partial charge in [-0.15, -0.1) is 22.9 Å². The largest absolute Gasteiger partial charge is 0.494 e. The molecule has 9 heteroatoms. The predicted octanol–water partition coefficient (Wildman–Crippen LogP) is 4.08. The van der Waals surface area contributed by atoms with Gasteiger partial charge in [0.25, 0.3) is 0 Å². The molecular weight excluding hydrogens is 466 g/mol. The quantitative estimate of drug-likeness (QED) is 0.544. The Morgan fingerprint density at radius 2 is 1.91 bits per heavy atom. The molecule has 1 aliphatic heterocycles. The van der Waals surface area contributed by atoms with E-state index < -0.39 is 20.1 Å². The Labute approximate surface area is 199 Å². The van der Waals surface area contributed by atoms with Gasteiger partial charge in [0.2, 0.25) is 10.0 Å². The van der Waals surface area contributed by atoms with Crippen LogP contribution in [0.5, 0.6) is 5.75 Å². The predicted molar refractivity (Wildman–Crippen MR) is 132 cm³/mol. The van der Waals surface area contributed by atoms with Crippen molar-refractivity contribution in [3.63, 3.8) is 0 Å². The Kier molecular flexibility index (Phi) is 6.95. The van der Waals surface area contributed by atoms with E-state index in [1.54, 1.807) is 46.9 Å². The molecule has 2 aliphatic rings. The van der Waals surface area contributed by atoms with Crippen molar-refractivity contribution in [1.82, 2.24) is 9.29 Å². The minimum absolute atomic E-state index is 0.428. The molecule has 4 rings (SSSR count). The normalized spacial score (nSPS) is 24.1. The van der Waals surface area contributed by atoms with Crippen molar-refractivity contribution in [1.29, 1.82) is 0 Å². The van der Waals surface area contributed by atoms with Gasteiger partial charge in [-0.05, 0) is 31.5 Å². The summed E-state index contributed by atoms with van der Waals surface area (Å²) in [4.78, 5) is 6.02. The van der Waals surface area contributed by atoms with E-state index in [2.05, 4.69) is 22.4 Å². The highest BCUT2D eigenvalue weighted by Crippen LogP contribution is 2.33. The van der Waals surface area contributed by atoms with Crippen molar-refractivity contribution in [2.75, 3.05) is 37.7 Å². The van der Waals surface area contributed by atoms with Crippen LogP contribution in [-0.4, -0.2) is 60.6 Å². The third-order valence-corrected chi connectivity index (χ3v) is 9.54. The fraction of sp³-hybridized carbons (Fsp3) is 0.435. The van der Waals surface area contributed by atoms with Gasteiger partial charge in [-0.2, -0.15) is 4.31 Å². The number of nitrogens with zero attached hydrogens (tertiary/aromatic N) is 3. The van der Waals surface area contributed by atoms with Gasteiger partial charge >= 0.3 is 0 Å². The zero-order valence-electron chi connectivity index (χ0n) is 18.3. The molecule has 0 amide bonds. The van der Waals surface area contributed by atoms with Crippen LogP contribution in [0.25, 0.3) is 0 Å². The maximum absolute atomic E-state index is 13.2. The van der Waals surface area contributed by atoms with E-state index in [0.717, 1.165) is 23.0 Å². The third-order valence-electron chi connectivity index (χ3n) is 5.72. The molecular formula is C23H28ClN3O3S2. The molecule has 2 heterocycles. The van der Waals surface area contributed by atoms with Crippen LogP contribution in [0, 0.1) is 0 Å². The lowest BCUT2D eigenvalue weighted by Gasteiger charge is -2.38. The summed E-state index contributed by atoms with van der Waals surface area (Å²) in [6.07, 6.45) is 7.73. The molecule has 0 saturated carbocycles. The highest BCUT2D eigenvalue weighted by Gasteiger charge is 2.43. The van der Waals surface area contributed by atoms with E-state index in [0.29, 0.717) is 32.8 Å². The number of ether oxygens (including phenoxy) is 1. The molecule has 1 aromatic carbocycles. The van der Waals surface area contributed by atoms with Crippen molar-refractivity contribution in [3.8, 4) is 5.75 Å².